The zero-order valence-corrected chi connectivity index (χ0v) is 8.53. The number of hydrogen-bond acceptors (Lipinski definition) is 3. The van der Waals surface area contributed by atoms with Gasteiger partial charge in [-0.1, -0.05) is 0 Å². The lowest BCUT2D eigenvalue weighted by Gasteiger charge is -1.91. The van der Waals surface area contributed by atoms with Gasteiger partial charge < -0.3 is 10.4 Å². The monoisotopic (exact) mass is 203 g/mol. The maximum atomic E-state index is 11.5. The van der Waals surface area contributed by atoms with E-state index in [1.165, 1.54) is 18.5 Å². The summed E-state index contributed by atoms with van der Waals surface area (Å²) < 4.78 is 0. The number of hydrogen-bond donors (Lipinski definition) is 2. The van der Waals surface area contributed by atoms with E-state index < -0.39 is 0 Å². The third kappa shape index (κ3) is 3.72. The van der Waals surface area contributed by atoms with Crippen LogP contribution in [0.5, 0.6) is 0 Å². The first kappa shape index (κ1) is 11.1. The van der Waals surface area contributed by atoms with Crippen LogP contribution in [0, 0.1) is 12.3 Å². The molecule has 4 heteroatoms. The number of carbonyl (C=O) groups is 1. The molecule has 1 rings (SSSR count). The summed E-state index contributed by atoms with van der Waals surface area (Å²) in [5.41, 5.74) is 1.58. The molecule has 1 aromatic rings. The quantitative estimate of drug-likeness (QED) is 0.558. The fourth-order valence-electron chi connectivity index (χ4n) is 1.07. The average Bonchev–Trinajstić information content (AvgIpc) is 2.64. The standard InChI is InChI=1S/C11H13N3O/c1-9-3-4-10(14-9)11(15)5-8-13-7-2-6-12/h2-4,6-8,12,14H,5H2,1H3/b7-2-,12-6?,13-8?. The van der Waals surface area contributed by atoms with Crippen molar-refractivity contribution < 1.29 is 4.79 Å². The van der Waals surface area contributed by atoms with Crippen LogP contribution in [0.15, 0.2) is 29.4 Å². The molecule has 2 N–H and O–H groups in total. The fourth-order valence-corrected chi connectivity index (χ4v) is 1.07. The largest absolute Gasteiger partial charge is 0.356 e. The minimum Gasteiger partial charge on any atom is -0.356 e. The smallest absolute Gasteiger partial charge is 0.184 e. The Morgan fingerprint density at radius 1 is 1.60 bits per heavy atom. The fraction of sp³-hybridized carbons (Fsp3) is 0.182. The number of Topliss-reactive ketones (excluding diaryl/α,β-unsaturated/α-hetero) is 1. The molecule has 0 spiro atoms. The van der Waals surface area contributed by atoms with E-state index in [2.05, 4.69) is 9.98 Å². The summed E-state index contributed by atoms with van der Waals surface area (Å²) in [4.78, 5) is 18.3. The van der Waals surface area contributed by atoms with Gasteiger partial charge in [-0.3, -0.25) is 9.79 Å². The molecule has 0 unspecified atom stereocenters. The molecule has 4 nitrogen and oxygen atoms in total. The number of aromatic nitrogens is 1. The second-order valence-corrected chi connectivity index (χ2v) is 3.02. The van der Waals surface area contributed by atoms with Crippen LogP contribution in [-0.2, 0) is 0 Å². The highest BCUT2D eigenvalue weighted by molar-refractivity contribution is 6.02. The molecule has 0 aliphatic heterocycles. The predicted octanol–water partition coefficient (Wildman–Crippen LogP) is 2.13. The van der Waals surface area contributed by atoms with E-state index in [1.54, 1.807) is 6.07 Å². The average molecular weight is 203 g/mol. The van der Waals surface area contributed by atoms with Gasteiger partial charge in [0.15, 0.2) is 5.78 Å². The van der Waals surface area contributed by atoms with Crippen LogP contribution >= 0.6 is 0 Å². The lowest BCUT2D eigenvalue weighted by atomic mass is 10.2. The Kier molecular flexibility index (Phi) is 4.22. The molecule has 0 atom stereocenters. The summed E-state index contributed by atoms with van der Waals surface area (Å²) in [6, 6.07) is 3.62. The Morgan fingerprint density at radius 3 is 3.00 bits per heavy atom. The molecular formula is C11H13N3O. The zero-order valence-electron chi connectivity index (χ0n) is 8.53. The highest BCUT2D eigenvalue weighted by Crippen LogP contribution is 2.02. The van der Waals surface area contributed by atoms with Crippen LogP contribution in [0.4, 0.5) is 0 Å². The van der Waals surface area contributed by atoms with Crippen LogP contribution in [-0.4, -0.2) is 23.2 Å². The van der Waals surface area contributed by atoms with E-state index in [1.807, 2.05) is 13.0 Å². The first-order chi connectivity index (χ1) is 7.24. The zero-order chi connectivity index (χ0) is 11.1. The van der Waals surface area contributed by atoms with Gasteiger partial charge in [-0.2, -0.15) is 0 Å². The maximum Gasteiger partial charge on any atom is 0.184 e. The van der Waals surface area contributed by atoms with Crippen molar-refractivity contribution in [3.63, 3.8) is 0 Å². The first-order valence-electron chi connectivity index (χ1n) is 4.60. The SMILES string of the molecule is Cc1ccc(C(=O)CC=N/C=C\C=N)[nH]1. The number of rotatable bonds is 5. The van der Waals surface area contributed by atoms with Crippen molar-refractivity contribution in [2.45, 2.75) is 13.3 Å². The van der Waals surface area contributed by atoms with Gasteiger partial charge in [-0.15, -0.1) is 0 Å². The van der Waals surface area contributed by atoms with Crippen LogP contribution in [0.3, 0.4) is 0 Å². The topological polar surface area (TPSA) is 69.1 Å². The molecule has 0 saturated carbocycles. The number of nitrogens with zero attached hydrogens (tertiary/aromatic N) is 1. The van der Waals surface area contributed by atoms with Gasteiger partial charge in [0, 0.05) is 30.7 Å². The molecule has 0 fully saturated rings. The Balaban J connectivity index is 2.46. The Hall–Kier alpha value is -1.97. The highest BCUT2D eigenvalue weighted by atomic mass is 16.1. The number of ketones is 1. The third-order valence-corrected chi connectivity index (χ3v) is 1.78. The highest BCUT2D eigenvalue weighted by Gasteiger charge is 2.04. The number of aromatic amines is 1. The normalized spacial score (nSPS) is 11.3. The second-order valence-electron chi connectivity index (χ2n) is 3.02. The molecular weight excluding hydrogens is 190 g/mol. The van der Waals surface area contributed by atoms with Crippen LogP contribution in [0.1, 0.15) is 22.6 Å². The minimum atomic E-state index is 0.00935. The number of aliphatic imine (C=N–C) groups is 1. The van der Waals surface area contributed by atoms with Crippen molar-refractivity contribution in [1.29, 1.82) is 5.41 Å². The second kappa shape index (κ2) is 5.70. The molecule has 0 bridgehead atoms. The minimum absolute atomic E-state index is 0.00935. The van der Waals surface area contributed by atoms with Crippen LogP contribution < -0.4 is 0 Å². The van der Waals surface area contributed by atoms with Crippen molar-refractivity contribution in [1.82, 2.24) is 4.98 Å². The Morgan fingerprint density at radius 2 is 2.40 bits per heavy atom. The van der Waals surface area contributed by atoms with Gasteiger partial charge in [0.2, 0.25) is 0 Å². The molecule has 1 aromatic heterocycles. The van der Waals surface area contributed by atoms with E-state index in [9.17, 15) is 4.79 Å². The summed E-state index contributed by atoms with van der Waals surface area (Å²) in [6.45, 7) is 1.90. The number of carbonyl (C=O) groups excluding carboxylic acids is 1. The third-order valence-electron chi connectivity index (χ3n) is 1.78. The number of nitrogens with one attached hydrogen (secondary N) is 2. The molecule has 15 heavy (non-hydrogen) atoms. The summed E-state index contributed by atoms with van der Waals surface area (Å²) in [5.74, 6) is 0.00935. The summed E-state index contributed by atoms with van der Waals surface area (Å²) >= 11 is 0. The van der Waals surface area contributed by atoms with Crippen molar-refractivity contribution in [3.8, 4) is 0 Å². The molecule has 0 amide bonds. The van der Waals surface area contributed by atoms with Gasteiger partial charge in [0.1, 0.15) is 0 Å². The molecule has 0 saturated heterocycles. The van der Waals surface area contributed by atoms with E-state index in [0.29, 0.717) is 5.69 Å². The summed E-state index contributed by atoms with van der Waals surface area (Å²) in [5, 5.41) is 6.70. The van der Waals surface area contributed by atoms with Crippen molar-refractivity contribution in [2.75, 3.05) is 0 Å². The van der Waals surface area contributed by atoms with Gasteiger partial charge in [-0.25, -0.2) is 0 Å². The molecule has 0 radical (unpaired) electrons. The van der Waals surface area contributed by atoms with Gasteiger partial charge >= 0.3 is 0 Å². The van der Waals surface area contributed by atoms with Crippen molar-refractivity contribution in [3.05, 3.63) is 35.8 Å². The van der Waals surface area contributed by atoms with Gasteiger partial charge in [0.25, 0.3) is 0 Å². The molecule has 78 valence electrons. The maximum absolute atomic E-state index is 11.5. The Labute approximate surface area is 88.2 Å². The Bertz CT molecular complexity index is 402. The first-order valence-corrected chi connectivity index (χ1v) is 4.60. The molecule has 0 aromatic carbocycles. The lowest BCUT2D eigenvalue weighted by Crippen LogP contribution is -1.99. The molecule has 1 heterocycles. The number of H-pyrrole nitrogens is 1. The van der Waals surface area contributed by atoms with E-state index in [0.717, 1.165) is 11.9 Å². The number of allylic oxidation sites excluding steroid dienone is 1. The van der Waals surface area contributed by atoms with Crippen LogP contribution in [0.25, 0.3) is 0 Å². The van der Waals surface area contributed by atoms with Gasteiger partial charge in [-0.05, 0) is 25.1 Å². The van der Waals surface area contributed by atoms with Crippen molar-refractivity contribution in [2.24, 2.45) is 4.99 Å². The number of aryl methyl sites for hydroxylation is 1. The molecule has 0 aliphatic rings. The lowest BCUT2D eigenvalue weighted by molar-refractivity contribution is 0.0997. The van der Waals surface area contributed by atoms with Crippen molar-refractivity contribution >= 4 is 18.2 Å². The van der Waals surface area contributed by atoms with Gasteiger partial charge in [0.05, 0.1) is 5.69 Å². The van der Waals surface area contributed by atoms with Crippen LogP contribution in [0.2, 0.25) is 0 Å². The van der Waals surface area contributed by atoms with E-state index in [-0.39, 0.29) is 12.2 Å². The predicted molar refractivity (Wildman–Crippen MR) is 60.9 cm³/mol. The van der Waals surface area contributed by atoms with E-state index >= 15 is 0 Å². The van der Waals surface area contributed by atoms with E-state index in [4.69, 9.17) is 5.41 Å². The molecule has 0 aliphatic carbocycles. The summed E-state index contributed by atoms with van der Waals surface area (Å²) in [6.07, 6.45) is 5.88. The summed E-state index contributed by atoms with van der Waals surface area (Å²) in [7, 11) is 0.